The van der Waals surface area contributed by atoms with Crippen LogP contribution in [-0.2, 0) is 0 Å². The third kappa shape index (κ3) is 2.52. The van der Waals surface area contributed by atoms with Gasteiger partial charge in [0.05, 0.1) is 5.69 Å². The normalized spacial score (nSPS) is 10.0. The highest BCUT2D eigenvalue weighted by atomic mass is 16.3. The molecule has 18 heavy (non-hydrogen) atoms. The van der Waals surface area contributed by atoms with E-state index in [1.54, 1.807) is 12.1 Å². The summed E-state index contributed by atoms with van der Waals surface area (Å²) in [4.78, 5) is 11.8. The largest absolute Gasteiger partial charge is 0.508 e. The van der Waals surface area contributed by atoms with Gasteiger partial charge in [-0.15, -0.1) is 0 Å². The van der Waals surface area contributed by atoms with Crippen LogP contribution in [0.4, 0.5) is 5.69 Å². The Morgan fingerprint density at radius 2 is 1.56 bits per heavy atom. The van der Waals surface area contributed by atoms with Crippen LogP contribution in [0, 0.1) is 0 Å². The van der Waals surface area contributed by atoms with Crippen molar-refractivity contribution in [3.63, 3.8) is 0 Å². The summed E-state index contributed by atoms with van der Waals surface area (Å²) in [5.41, 5.74) is 0.348. The van der Waals surface area contributed by atoms with Crippen LogP contribution in [0.15, 0.2) is 42.5 Å². The molecule has 0 aliphatic rings. The van der Waals surface area contributed by atoms with Gasteiger partial charge < -0.3 is 20.6 Å². The lowest BCUT2D eigenvalue weighted by Crippen LogP contribution is -2.11. The number of carbonyl (C=O) groups excluding carboxylic acids is 1. The Hall–Kier alpha value is -2.69. The quantitative estimate of drug-likeness (QED) is 0.609. The predicted octanol–water partition coefficient (Wildman–Crippen LogP) is 2.06. The molecule has 0 unspecified atom stereocenters. The first-order valence-corrected chi connectivity index (χ1v) is 5.18. The molecule has 0 atom stereocenters. The van der Waals surface area contributed by atoms with E-state index in [9.17, 15) is 20.1 Å². The number of anilines is 1. The van der Waals surface area contributed by atoms with E-state index in [1.165, 1.54) is 24.3 Å². The lowest BCUT2D eigenvalue weighted by molar-refractivity contribution is 0.102. The molecule has 0 aromatic heterocycles. The maximum absolute atomic E-state index is 11.8. The fourth-order valence-corrected chi connectivity index (χ4v) is 1.50. The van der Waals surface area contributed by atoms with Crippen LogP contribution in [0.5, 0.6) is 17.2 Å². The van der Waals surface area contributed by atoms with Gasteiger partial charge in [-0.05, 0) is 24.3 Å². The highest BCUT2D eigenvalue weighted by Gasteiger charge is 2.10. The van der Waals surface area contributed by atoms with E-state index in [0.717, 1.165) is 6.07 Å². The van der Waals surface area contributed by atoms with Gasteiger partial charge in [0.25, 0.3) is 5.91 Å². The number of phenolic OH excluding ortho intramolecular Hbond substituents is 3. The minimum absolute atomic E-state index is 0.0600. The zero-order valence-corrected chi connectivity index (χ0v) is 9.29. The molecule has 0 bridgehead atoms. The molecule has 0 saturated heterocycles. The second-order valence-electron chi connectivity index (χ2n) is 3.71. The van der Waals surface area contributed by atoms with Crippen molar-refractivity contribution < 1.29 is 20.1 Å². The van der Waals surface area contributed by atoms with Crippen LogP contribution in [0.3, 0.4) is 0 Å². The number of rotatable bonds is 2. The third-order valence-corrected chi connectivity index (χ3v) is 2.32. The van der Waals surface area contributed by atoms with Gasteiger partial charge in [0.15, 0.2) is 0 Å². The molecule has 1 amide bonds. The summed E-state index contributed by atoms with van der Waals surface area (Å²) in [5, 5.41) is 30.5. The number of amides is 1. The van der Waals surface area contributed by atoms with Crippen molar-refractivity contribution in [2.75, 3.05) is 5.32 Å². The Morgan fingerprint density at radius 1 is 0.944 bits per heavy atom. The molecule has 2 rings (SSSR count). The van der Waals surface area contributed by atoms with E-state index in [4.69, 9.17) is 0 Å². The molecule has 4 N–H and O–H groups in total. The molecule has 92 valence electrons. The lowest BCUT2D eigenvalue weighted by atomic mass is 10.2. The van der Waals surface area contributed by atoms with Crippen LogP contribution in [-0.4, -0.2) is 21.2 Å². The summed E-state index contributed by atoms with van der Waals surface area (Å²) in [6, 6.07) is 9.83. The fourth-order valence-electron chi connectivity index (χ4n) is 1.50. The van der Waals surface area contributed by atoms with Crippen molar-refractivity contribution in [1.29, 1.82) is 0 Å². The van der Waals surface area contributed by atoms with E-state index >= 15 is 0 Å². The zero-order valence-electron chi connectivity index (χ0n) is 9.29. The monoisotopic (exact) mass is 245 g/mol. The van der Waals surface area contributed by atoms with Gasteiger partial charge in [-0.3, -0.25) is 4.79 Å². The van der Waals surface area contributed by atoms with Crippen LogP contribution in [0.2, 0.25) is 0 Å². The van der Waals surface area contributed by atoms with Crippen LogP contribution < -0.4 is 5.32 Å². The summed E-state index contributed by atoms with van der Waals surface area (Å²) in [6.45, 7) is 0. The van der Waals surface area contributed by atoms with Gasteiger partial charge in [0, 0.05) is 11.6 Å². The number of hydrogen-bond acceptors (Lipinski definition) is 4. The molecule has 0 heterocycles. The molecule has 0 radical (unpaired) electrons. The van der Waals surface area contributed by atoms with Gasteiger partial charge in [-0.1, -0.05) is 12.1 Å². The Bertz CT molecular complexity index is 575. The molecule has 0 aliphatic carbocycles. The molecule has 0 fully saturated rings. The van der Waals surface area contributed by atoms with Gasteiger partial charge in [0.2, 0.25) is 0 Å². The molecule has 5 heteroatoms. The van der Waals surface area contributed by atoms with E-state index in [-0.39, 0.29) is 28.5 Å². The topological polar surface area (TPSA) is 89.8 Å². The number of para-hydroxylation sites is 2. The Balaban J connectivity index is 2.25. The number of hydrogen-bond donors (Lipinski definition) is 4. The fraction of sp³-hybridized carbons (Fsp3) is 0. The average Bonchev–Trinajstić information content (AvgIpc) is 2.31. The minimum Gasteiger partial charge on any atom is -0.508 e. The van der Waals surface area contributed by atoms with Gasteiger partial charge in [-0.2, -0.15) is 0 Å². The molecular formula is C13H11NO4. The van der Waals surface area contributed by atoms with Crippen molar-refractivity contribution in [2.24, 2.45) is 0 Å². The highest BCUT2D eigenvalue weighted by molar-refractivity contribution is 6.05. The molecule has 2 aromatic carbocycles. The number of benzene rings is 2. The molecule has 5 nitrogen and oxygen atoms in total. The first-order valence-electron chi connectivity index (χ1n) is 5.18. The average molecular weight is 245 g/mol. The summed E-state index contributed by atoms with van der Waals surface area (Å²) >= 11 is 0. The maximum atomic E-state index is 11.8. The van der Waals surface area contributed by atoms with E-state index in [0.29, 0.717) is 0 Å². The van der Waals surface area contributed by atoms with Crippen molar-refractivity contribution in [2.45, 2.75) is 0 Å². The van der Waals surface area contributed by atoms with E-state index in [1.807, 2.05) is 0 Å². The maximum Gasteiger partial charge on any atom is 0.256 e. The van der Waals surface area contributed by atoms with Crippen molar-refractivity contribution in [3.05, 3.63) is 48.0 Å². The van der Waals surface area contributed by atoms with Crippen molar-refractivity contribution in [1.82, 2.24) is 0 Å². The SMILES string of the molecule is O=C(Nc1ccccc1O)c1cc(O)cc(O)c1. The minimum atomic E-state index is -0.539. The van der Waals surface area contributed by atoms with Crippen LogP contribution in [0.1, 0.15) is 10.4 Å². The van der Waals surface area contributed by atoms with Gasteiger partial charge in [0.1, 0.15) is 17.2 Å². The van der Waals surface area contributed by atoms with Gasteiger partial charge in [-0.25, -0.2) is 0 Å². The van der Waals surface area contributed by atoms with Crippen LogP contribution in [0.25, 0.3) is 0 Å². The first-order chi connectivity index (χ1) is 8.56. The first kappa shape index (κ1) is 11.8. The summed E-state index contributed by atoms with van der Waals surface area (Å²) < 4.78 is 0. The predicted molar refractivity (Wildman–Crippen MR) is 65.8 cm³/mol. The Labute approximate surface area is 103 Å². The lowest BCUT2D eigenvalue weighted by Gasteiger charge is -2.07. The Morgan fingerprint density at radius 3 is 2.17 bits per heavy atom. The molecule has 0 spiro atoms. The molecular weight excluding hydrogens is 234 g/mol. The summed E-state index contributed by atoms with van der Waals surface area (Å²) in [5.74, 6) is -1.02. The summed E-state index contributed by atoms with van der Waals surface area (Å²) in [6.07, 6.45) is 0. The third-order valence-electron chi connectivity index (χ3n) is 2.32. The second kappa shape index (κ2) is 4.67. The molecule has 0 saturated carbocycles. The molecule has 0 aliphatic heterocycles. The number of phenols is 3. The zero-order chi connectivity index (χ0) is 13.1. The number of nitrogens with one attached hydrogen (secondary N) is 1. The second-order valence-corrected chi connectivity index (χ2v) is 3.71. The smallest absolute Gasteiger partial charge is 0.256 e. The number of carbonyl (C=O) groups is 1. The van der Waals surface area contributed by atoms with Crippen LogP contribution >= 0.6 is 0 Å². The molecule has 2 aromatic rings. The van der Waals surface area contributed by atoms with E-state index < -0.39 is 5.91 Å². The van der Waals surface area contributed by atoms with E-state index in [2.05, 4.69) is 5.32 Å². The standard InChI is InChI=1S/C13H11NO4/c15-9-5-8(6-10(16)7-9)13(18)14-11-3-1-2-4-12(11)17/h1-7,15-17H,(H,14,18). The van der Waals surface area contributed by atoms with Crippen molar-refractivity contribution in [3.8, 4) is 17.2 Å². The number of aromatic hydroxyl groups is 3. The van der Waals surface area contributed by atoms with Crippen molar-refractivity contribution >= 4 is 11.6 Å². The van der Waals surface area contributed by atoms with Gasteiger partial charge >= 0.3 is 0 Å². The highest BCUT2D eigenvalue weighted by Crippen LogP contribution is 2.24. The summed E-state index contributed by atoms with van der Waals surface area (Å²) in [7, 11) is 0. The Kier molecular flexibility index (Phi) is 3.05.